The fourth-order valence-corrected chi connectivity index (χ4v) is 1.71. The number of hydrogen-bond acceptors (Lipinski definition) is 5. The summed E-state index contributed by atoms with van der Waals surface area (Å²) in [6, 6.07) is 6.57. The molecule has 2 rings (SSSR count). The Labute approximate surface area is 110 Å². The molecule has 1 aromatic heterocycles. The molecule has 1 N–H and O–H groups in total. The van der Waals surface area contributed by atoms with Crippen LogP contribution in [0.25, 0.3) is 0 Å². The van der Waals surface area contributed by atoms with Crippen LogP contribution in [0.3, 0.4) is 0 Å². The second-order valence-electron chi connectivity index (χ2n) is 4.03. The number of hydrogen-bond donors (Lipinski definition) is 1. The molecular weight excluding hydrogens is 248 g/mol. The van der Waals surface area contributed by atoms with Crippen LogP contribution in [0.1, 0.15) is 11.1 Å². The van der Waals surface area contributed by atoms with E-state index in [9.17, 15) is 10.1 Å². The van der Waals surface area contributed by atoms with Crippen molar-refractivity contribution in [3.63, 3.8) is 0 Å². The minimum atomic E-state index is -0.428. The number of rotatable bonds is 6. The van der Waals surface area contributed by atoms with Gasteiger partial charge in [-0.3, -0.25) is 10.1 Å². The molecule has 0 saturated heterocycles. The summed E-state index contributed by atoms with van der Waals surface area (Å²) >= 11 is 0. The predicted molar refractivity (Wildman–Crippen MR) is 68.9 cm³/mol. The monoisotopic (exact) mass is 262 g/mol. The molecule has 2 aromatic rings. The van der Waals surface area contributed by atoms with Crippen LogP contribution in [0, 0.1) is 10.1 Å². The van der Waals surface area contributed by atoms with Crippen LogP contribution in [0.5, 0.6) is 5.75 Å². The van der Waals surface area contributed by atoms with E-state index < -0.39 is 4.92 Å². The van der Waals surface area contributed by atoms with Crippen LogP contribution in [0.2, 0.25) is 0 Å². The van der Waals surface area contributed by atoms with Gasteiger partial charge in [0.25, 0.3) is 5.69 Å². The highest BCUT2D eigenvalue weighted by atomic mass is 16.6. The van der Waals surface area contributed by atoms with Gasteiger partial charge in [0.15, 0.2) is 0 Å². The summed E-state index contributed by atoms with van der Waals surface area (Å²) in [5.41, 5.74) is 1.85. The van der Waals surface area contributed by atoms with Crippen molar-refractivity contribution < 1.29 is 14.1 Å². The van der Waals surface area contributed by atoms with Gasteiger partial charge in [0.2, 0.25) is 0 Å². The van der Waals surface area contributed by atoms with Crippen LogP contribution >= 0.6 is 0 Å². The molecule has 1 heterocycles. The highest BCUT2D eigenvalue weighted by Gasteiger charge is 2.10. The van der Waals surface area contributed by atoms with E-state index in [0.717, 1.165) is 11.1 Å². The summed E-state index contributed by atoms with van der Waals surface area (Å²) in [6.07, 6.45) is 3.26. The van der Waals surface area contributed by atoms with Gasteiger partial charge in [-0.15, -0.1) is 0 Å². The number of benzene rings is 1. The molecule has 0 atom stereocenters. The number of nitrogens with zero attached hydrogens (tertiary/aromatic N) is 1. The van der Waals surface area contributed by atoms with Gasteiger partial charge in [-0.05, 0) is 17.7 Å². The average Bonchev–Trinajstić information content (AvgIpc) is 2.91. The Kier molecular flexibility index (Phi) is 4.15. The molecule has 6 nitrogen and oxygen atoms in total. The summed E-state index contributed by atoms with van der Waals surface area (Å²) in [6.45, 7) is 1.16. The van der Waals surface area contributed by atoms with E-state index in [1.165, 1.54) is 19.2 Å². The Morgan fingerprint density at radius 2 is 2.11 bits per heavy atom. The van der Waals surface area contributed by atoms with E-state index in [1.54, 1.807) is 18.6 Å². The van der Waals surface area contributed by atoms with Gasteiger partial charge in [-0.25, -0.2) is 0 Å². The molecule has 0 fully saturated rings. The molecule has 0 bridgehead atoms. The highest BCUT2D eigenvalue weighted by molar-refractivity contribution is 5.42. The standard InChI is InChI=1S/C13H14N2O4/c1-18-13-5-11(4-12(6-13)15(16)17)8-14-7-10-2-3-19-9-10/h2-6,9,14H,7-8H2,1H3. The molecule has 0 aliphatic rings. The van der Waals surface area contributed by atoms with E-state index >= 15 is 0 Å². The summed E-state index contributed by atoms with van der Waals surface area (Å²) in [5, 5.41) is 14.0. The summed E-state index contributed by atoms with van der Waals surface area (Å²) < 4.78 is 10.0. The average molecular weight is 262 g/mol. The SMILES string of the molecule is COc1cc(CNCc2ccoc2)cc([N+](=O)[O-])c1. The topological polar surface area (TPSA) is 77.5 Å². The maximum atomic E-state index is 10.8. The zero-order valence-electron chi connectivity index (χ0n) is 10.5. The van der Waals surface area contributed by atoms with Gasteiger partial charge in [0.05, 0.1) is 30.6 Å². The smallest absolute Gasteiger partial charge is 0.273 e. The number of furan rings is 1. The van der Waals surface area contributed by atoms with E-state index in [1.807, 2.05) is 6.07 Å². The minimum absolute atomic E-state index is 0.0273. The molecule has 0 aliphatic carbocycles. The van der Waals surface area contributed by atoms with Gasteiger partial charge in [-0.2, -0.15) is 0 Å². The van der Waals surface area contributed by atoms with E-state index in [0.29, 0.717) is 18.8 Å². The van der Waals surface area contributed by atoms with Crippen molar-refractivity contribution in [2.24, 2.45) is 0 Å². The predicted octanol–water partition coefficient (Wildman–Crippen LogP) is 2.49. The largest absolute Gasteiger partial charge is 0.496 e. The quantitative estimate of drug-likeness (QED) is 0.639. The number of ether oxygens (including phenoxy) is 1. The van der Waals surface area contributed by atoms with Gasteiger partial charge in [-0.1, -0.05) is 0 Å². The Morgan fingerprint density at radius 3 is 2.74 bits per heavy atom. The Morgan fingerprint density at radius 1 is 1.32 bits per heavy atom. The molecular formula is C13H14N2O4. The number of methoxy groups -OCH3 is 1. The van der Waals surface area contributed by atoms with Crippen molar-refractivity contribution in [3.05, 3.63) is 58.0 Å². The van der Waals surface area contributed by atoms with Crippen LogP contribution in [0.4, 0.5) is 5.69 Å². The zero-order chi connectivity index (χ0) is 13.7. The van der Waals surface area contributed by atoms with E-state index in [-0.39, 0.29) is 5.69 Å². The van der Waals surface area contributed by atoms with Crippen LogP contribution in [0.15, 0.2) is 41.2 Å². The van der Waals surface area contributed by atoms with Crippen molar-refractivity contribution in [2.45, 2.75) is 13.1 Å². The Hall–Kier alpha value is -2.34. The molecule has 0 spiro atoms. The molecule has 0 amide bonds. The second kappa shape index (κ2) is 6.01. The fraction of sp³-hybridized carbons (Fsp3) is 0.231. The lowest BCUT2D eigenvalue weighted by atomic mass is 10.2. The fourth-order valence-electron chi connectivity index (χ4n) is 1.71. The molecule has 0 aliphatic heterocycles. The van der Waals surface area contributed by atoms with E-state index in [4.69, 9.17) is 9.15 Å². The van der Waals surface area contributed by atoms with Crippen molar-refractivity contribution in [3.8, 4) is 5.75 Å². The van der Waals surface area contributed by atoms with Crippen LogP contribution in [-0.2, 0) is 13.1 Å². The number of nitrogens with one attached hydrogen (secondary N) is 1. The first-order chi connectivity index (χ1) is 9.19. The van der Waals surface area contributed by atoms with Crippen LogP contribution in [-0.4, -0.2) is 12.0 Å². The minimum Gasteiger partial charge on any atom is -0.496 e. The zero-order valence-corrected chi connectivity index (χ0v) is 10.5. The van der Waals surface area contributed by atoms with Crippen LogP contribution < -0.4 is 10.1 Å². The first kappa shape index (κ1) is 13.1. The molecule has 0 radical (unpaired) electrons. The maximum absolute atomic E-state index is 10.8. The number of non-ortho nitro benzene ring substituents is 1. The summed E-state index contributed by atoms with van der Waals surface area (Å²) in [7, 11) is 1.49. The third-order valence-electron chi connectivity index (χ3n) is 2.64. The van der Waals surface area contributed by atoms with Gasteiger partial charge in [0, 0.05) is 24.7 Å². The van der Waals surface area contributed by atoms with Crippen molar-refractivity contribution >= 4 is 5.69 Å². The molecule has 6 heteroatoms. The number of nitro groups is 1. The van der Waals surface area contributed by atoms with E-state index in [2.05, 4.69) is 5.32 Å². The van der Waals surface area contributed by atoms with Gasteiger partial charge < -0.3 is 14.5 Å². The van der Waals surface area contributed by atoms with Crippen molar-refractivity contribution in [1.29, 1.82) is 0 Å². The second-order valence-corrected chi connectivity index (χ2v) is 4.03. The van der Waals surface area contributed by atoms with Gasteiger partial charge >= 0.3 is 0 Å². The third-order valence-corrected chi connectivity index (χ3v) is 2.64. The summed E-state index contributed by atoms with van der Waals surface area (Å²) in [4.78, 5) is 10.4. The maximum Gasteiger partial charge on any atom is 0.273 e. The molecule has 100 valence electrons. The first-order valence-electron chi connectivity index (χ1n) is 5.73. The Balaban J connectivity index is 2.02. The molecule has 0 saturated carbocycles. The first-order valence-corrected chi connectivity index (χ1v) is 5.73. The molecule has 19 heavy (non-hydrogen) atoms. The lowest BCUT2D eigenvalue weighted by Gasteiger charge is -2.06. The number of nitro benzene ring substituents is 1. The Bertz CT molecular complexity index is 552. The molecule has 0 unspecified atom stereocenters. The highest BCUT2D eigenvalue weighted by Crippen LogP contribution is 2.22. The summed E-state index contributed by atoms with van der Waals surface area (Å²) in [5.74, 6) is 0.481. The normalized spacial score (nSPS) is 10.4. The van der Waals surface area contributed by atoms with Crippen molar-refractivity contribution in [1.82, 2.24) is 5.32 Å². The van der Waals surface area contributed by atoms with Crippen molar-refractivity contribution in [2.75, 3.05) is 7.11 Å². The van der Waals surface area contributed by atoms with Gasteiger partial charge in [0.1, 0.15) is 5.75 Å². The third kappa shape index (κ3) is 3.56. The lowest BCUT2D eigenvalue weighted by Crippen LogP contribution is -2.12. The molecule has 1 aromatic carbocycles. The lowest BCUT2D eigenvalue weighted by molar-refractivity contribution is -0.385.